The van der Waals surface area contributed by atoms with Crippen LogP contribution in [-0.4, -0.2) is 24.5 Å². The minimum Gasteiger partial charge on any atom is -0.383 e. The van der Waals surface area contributed by atoms with Crippen molar-refractivity contribution >= 4 is 15.7 Å². The van der Waals surface area contributed by atoms with Gasteiger partial charge in [0.2, 0.25) is 0 Å². The number of anilines is 1. The van der Waals surface area contributed by atoms with Gasteiger partial charge in [-0.2, -0.15) is 5.10 Å². The largest absolute Gasteiger partial charge is 0.383 e. The van der Waals surface area contributed by atoms with E-state index >= 15 is 0 Å². The molecule has 0 saturated carbocycles. The van der Waals surface area contributed by atoms with Crippen LogP contribution in [0.15, 0.2) is 11.1 Å². The van der Waals surface area contributed by atoms with E-state index < -0.39 is 9.84 Å². The van der Waals surface area contributed by atoms with Gasteiger partial charge >= 0.3 is 0 Å². The molecule has 0 aliphatic rings. The second-order valence-corrected chi connectivity index (χ2v) is 5.73. The molecule has 1 rings (SSSR count). The number of nitrogens with zero attached hydrogens (tertiary/aromatic N) is 2. The quantitative estimate of drug-likeness (QED) is 0.800. The van der Waals surface area contributed by atoms with Crippen LogP contribution >= 0.6 is 0 Å². The average molecular weight is 217 g/mol. The van der Waals surface area contributed by atoms with Crippen molar-refractivity contribution in [2.24, 2.45) is 5.92 Å². The summed E-state index contributed by atoms with van der Waals surface area (Å²) < 4.78 is 24.0. The molecular weight excluding hydrogens is 202 g/mol. The Labute approximate surface area is 83.8 Å². The molecule has 1 aromatic heterocycles. The number of sulfone groups is 1. The molecular formula is C8H15N3O2S. The van der Waals surface area contributed by atoms with Gasteiger partial charge < -0.3 is 5.73 Å². The third-order valence-electron chi connectivity index (χ3n) is 1.78. The summed E-state index contributed by atoms with van der Waals surface area (Å²) in [4.78, 5) is 0.109. The van der Waals surface area contributed by atoms with Crippen LogP contribution in [0.4, 0.5) is 5.82 Å². The van der Waals surface area contributed by atoms with Crippen LogP contribution in [-0.2, 0) is 16.4 Å². The van der Waals surface area contributed by atoms with Crippen molar-refractivity contribution in [3.8, 4) is 0 Å². The van der Waals surface area contributed by atoms with E-state index in [0.717, 1.165) is 6.26 Å². The predicted octanol–water partition coefficient (Wildman–Crippen LogP) is 0.525. The Morgan fingerprint density at radius 2 is 2.14 bits per heavy atom. The molecule has 1 aromatic rings. The van der Waals surface area contributed by atoms with Gasteiger partial charge in [0.05, 0.1) is 6.20 Å². The van der Waals surface area contributed by atoms with Gasteiger partial charge in [-0.15, -0.1) is 0 Å². The van der Waals surface area contributed by atoms with Gasteiger partial charge in [-0.25, -0.2) is 13.1 Å². The summed E-state index contributed by atoms with van der Waals surface area (Å²) in [6, 6.07) is 0. The predicted molar refractivity (Wildman–Crippen MR) is 54.6 cm³/mol. The lowest BCUT2D eigenvalue weighted by molar-refractivity contribution is 0.488. The molecule has 0 saturated heterocycles. The Bertz CT molecular complexity index is 420. The average Bonchev–Trinajstić information content (AvgIpc) is 2.30. The molecule has 5 nitrogen and oxygen atoms in total. The van der Waals surface area contributed by atoms with E-state index in [1.807, 2.05) is 13.8 Å². The van der Waals surface area contributed by atoms with E-state index in [1.54, 1.807) is 0 Å². The lowest BCUT2D eigenvalue weighted by atomic mass is 10.2. The summed E-state index contributed by atoms with van der Waals surface area (Å²) in [6.45, 7) is 4.66. The monoisotopic (exact) mass is 217 g/mol. The van der Waals surface area contributed by atoms with Crippen LogP contribution in [0.25, 0.3) is 0 Å². The third kappa shape index (κ3) is 2.25. The molecule has 14 heavy (non-hydrogen) atoms. The fourth-order valence-corrected chi connectivity index (χ4v) is 1.88. The third-order valence-corrected chi connectivity index (χ3v) is 2.90. The Balaban J connectivity index is 3.09. The molecule has 2 N–H and O–H groups in total. The summed E-state index contributed by atoms with van der Waals surface area (Å²) in [6.07, 6.45) is 2.42. The number of hydrogen-bond acceptors (Lipinski definition) is 4. The highest BCUT2D eigenvalue weighted by atomic mass is 32.2. The standard InChI is InChI=1S/C8H15N3O2S/c1-6(2)5-11-8(9)7(4-10-11)14(3,12)13/h4,6H,5,9H2,1-3H3. The van der Waals surface area contributed by atoms with Crippen molar-refractivity contribution < 1.29 is 8.42 Å². The van der Waals surface area contributed by atoms with Gasteiger partial charge in [0, 0.05) is 12.8 Å². The summed E-state index contributed by atoms with van der Waals surface area (Å²) in [5.74, 6) is 0.603. The molecule has 0 unspecified atom stereocenters. The van der Waals surface area contributed by atoms with Crippen LogP contribution in [0.3, 0.4) is 0 Å². The lowest BCUT2D eigenvalue weighted by Gasteiger charge is -2.06. The van der Waals surface area contributed by atoms with Crippen LogP contribution in [0.2, 0.25) is 0 Å². The molecule has 0 bridgehead atoms. The Hall–Kier alpha value is -1.04. The fraction of sp³-hybridized carbons (Fsp3) is 0.625. The molecule has 0 fully saturated rings. The summed E-state index contributed by atoms with van der Waals surface area (Å²) in [5, 5.41) is 3.93. The van der Waals surface area contributed by atoms with Crippen molar-refractivity contribution in [2.45, 2.75) is 25.3 Å². The van der Waals surface area contributed by atoms with E-state index in [-0.39, 0.29) is 10.7 Å². The molecule has 0 atom stereocenters. The van der Waals surface area contributed by atoms with Crippen molar-refractivity contribution in [1.29, 1.82) is 0 Å². The molecule has 0 aromatic carbocycles. The van der Waals surface area contributed by atoms with Gasteiger partial charge in [0.15, 0.2) is 9.84 Å². The first-order valence-electron chi connectivity index (χ1n) is 4.33. The highest BCUT2D eigenvalue weighted by Gasteiger charge is 2.16. The van der Waals surface area contributed by atoms with E-state index in [9.17, 15) is 8.42 Å². The highest BCUT2D eigenvalue weighted by molar-refractivity contribution is 7.90. The zero-order chi connectivity index (χ0) is 10.9. The van der Waals surface area contributed by atoms with Gasteiger partial charge in [-0.3, -0.25) is 0 Å². The second-order valence-electron chi connectivity index (χ2n) is 3.74. The molecule has 0 aliphatic heterocycles. The second kappa shape index (κ2) is 3.61. The van der Waals surface area contributed by atoms with Gasteiger partial charge in [-0.05, 0) is 5.92 Å². The summed E-state index contributed by atoms with van der Waals surface area (Å²) in [7, 11) is -3.26. The van der Waals surface area contributed by atoms with Crippen molar-refractivity contribution in [3.63, 3.8) is 0 Å². The molecule has 0 spiro atoms. The molecule has 0 radical (unpaired) electrons. The zero-order valence-corrected chi connectivity index (χ0v) is 9.37. The van der Waals surface area contributed by atoms with Crippen molar-refractivity contribution in [3.05, 3.63) is 6.20 Å². The van der Waals surface area contributed by atoms with E-state index in [4.69, 9.17) is 5.73 Å². The molecule has 80 valence electrons. The Kier molecular flexibility index (Phi) is 2.84. The number of nitrogen functional groups attached to an aromatic ring is 1. The number of rotatable bonds is 3. The van der Waals surface area contributed by atoms with E-state index in [1.165, 1.54) is 10.9 Å². The van der Waals surface area contributed by atoms with E-state index in [2.05, 4.69) is 5.10 Å². The minimum absolute atomic E-state index is 0.109. The van der Waals surface area contributed by atoms with Crippen molar-refractivity contribution in [2.75, 3.05) is 12.0 Å². The van der Waals surface area contributed by atoms with Crippen LogP contribution in [0.1, 0.15) is 13.8 Å². The SMILES string of the molecule is CC(C)Cn1ncc(S(C)(=O)=O)c1N. The Morgan fingerprint density at radius 1 is 1.57 bits per heavy atom. The summed E-state index contributed by atoms with van der Waals surface area (Å²) >= 11 is 0. The van der Waals surface area contributed by atoms with Crippen LogP contribution in [0.5, 0.6) is 0 Å². The molecule has 1 heterocycles. The van der Waals surface area contributed by atoms with Gasteiger partial charge in [-0.1, -0.05) is 13.8 Å². The molecule has 0 amide bonds. The first-order chi connectivity index (χ1) is 6.32. The maximum Gasteiger partial charge on any atom is 0.180 e. The molecule has 0 aliphatic carbocycles. The number of nitrogens with two attached hydrogens (primary N) is 1. The Morgan fingerprint density at radius 3 is 2.50 bits per heavy atom. The zero-order valence-electron chi connectivity index (χ0n) is 8.56. The number of hydrogen-bond donors (Lipinski definition) is 1. The smallest absolute Gasteiger partial charge is 0.180 e. The van der Waals surface area contributed by atoms with Crippen LogP contribution in [0, 0.1) is 5.92 Å². The molecule has 6 heteroatoms. The van der Waals surface area contributed by atoms with Gasteiger partial charge in [0.1, 0.15) is 10.7 Å². The summed E-state index contributed by atoms with van der Waals surface area (Å²) in [5.41, 5.74) is 5.66. The van der Waals surface area contributed by atoms with Crippen molar-refractivity contribution in [1.82, 2.24) is 9.78 Å². The normalized spacial score (nSPS) is 12.3. The van der Waals surface area contributed by atoms with Crippen LogP contribution < -0.4 is 5.73 Å². The number of aromatic nitrogens is 2. The first kappa shape index (κ1) is 11.0. The van der Waals surface area contributed by atoms with E-state index in [0.29, 0.717) is 12.5 Å². The van der Waals surface area contributed by atoms with Gasteiger partial charge in [0.25, 0.3) is 0 Å². The topological polar surface area (TPSA) is 78.0 Å². The fourth-order valence-electron chi connectivity index (χ4n) is 1.15. The maximum absolute atomic E-state index is 11.2. The highest BCUT2D eigenvalue weighted by Crippen LogP contribution is 2.17. The first-order valence-corrected chi connectivity index (χ1v) is 6.23. The lowest BCUT2D eigenvalue weighted by Crippen LogP contribution is -2.10. The maximum atomic E-state index is 11.2. The minimum atomic E-state index is -3.26.